The summed E-state index contributed by atoms with van der Waals surface area (Å²) in [5.41, 5.74) is 6.84. The fourth-order valence-electron chi connectivity index (χ4n) is 2.42. The van der Waals surface area contributed by atoms with Gasteiger partial charge in [-0.15, -0.1) is 0 Å². The number of hydrogen-bond donors (Lipinski definition) is 1. The fourth-order valence-corrected chi connectivity index (χ4v) is 2.94. The molecule has 0 aromatic heterocycles. The summed E-state index contributed by atoms with van der Waals surface area (Å²) in [5, 5.41) is 1.50. The average Bonchev–Trinajstić information content (AvgIpc) is 2.34. The van der Waals surface area contributed by atoms with Crippen molar-refractivity contribution < 1.29 is 0 Å². The third kappa shape index (κ3) is 3.14. The summed E-state index contributed by atoms with van der Waals surface area (Å²) in [6.07, 6.45) is 3.69. The molecule has 1 aliphatic heterocycles. The molecule has 0 spiro atoms. The number of rotatable bonds is 3. The Balaban J connectivity index is 2.13. The highest BCUT2D eigenvalue weighted by atomic mass is 35.5. The maximum absolute atomic E-state index is 6.20. The second-order valence-corrected chi connectivity index (χ2v) is 5.37. The smallest absolute Gasteiger partial charge is 0.0465 e. The van der Waals surface area contributed by atoms with Crippen LogP contribution in [-0.2, 0) is 6.54 Å². The molecule has 4 heteroatoms. The quantitative estimate of drug-likeness (QED) is 0.915. The number of halogens is 2. The Hall–Kier alpha value is -0.280. The lowest BCUT2D eigenvalue weighted by Crippen LogP contribution is -2.43. The van der Waals surface area contributed by atoms with Crippen LogP contribution in [0.1, 0.15) is 24.8 Å². The van der Waals surface area contributed by atoms with Crippen molar-refractivity contribution >= 4 is 23.2 Å². The molecule has 1 heterocycles. The van der Waals surface area contributed by atoms with Gasteiger partial charge in [0, 0.05) is 34.7 Å². The van der Waals surface area contributed by atoms with Crippen LogP contribution < -0.4 is 5.73 Å². The number of benzene rings is 1. The van der Waals surface area contributed by atoms with Gasteiger partial charge in [0.25, 0.3) is 0 Å². The molecule has 2 nitrogen and oxygen atoms in total. The number of hydrogen-bond acceptors (Lipinski definition) is 2. The van der Waals surface area contributed by atoms with Gasteiger partial charge in [0.2, 0.25) is 0 Å². The summed E-state index contributed by atoms with van der Waals surface area (Å²) in [7, 11) is 0. The van der Waals surface area contributed by atoms with E-state index in [1.54, 1.807) is 0 Å². The van der Waals surface area contributed by atoms with Crippen LogP contribution in [0.15, 0.2) is 18.2 Å². The third-order valence-electron chi connectivity index (χ3n) is 3.44. The standard InChI is InChI=1S/C13H18Cl2N2/c14-12-5-3-6-13(15)11(12)9-17-7-2-1-4-10(17)8-16/h3,5-6,10H,1-2,4,7-9,16H2/t10-/m0/s1. The first kappa shape index (κ1) is 13.2. The van der Waals surface area contributed by atoms with Crippen LogP contribution >= 0.6 is 23.2 Å². The zero-order valence-corrected chi connectivity index (χ0v) is 11.3. The van der Waals surface area contributed by atoms with Gasteiger partial charge < -0.3 is 5.73 Å². The van der Waals surface area contributed by atoms with Gasteiger partial charge in [-0.25, -0.2) is 0 Å². The van der Waals surface area contributed by atoms with E-state index in [-0.39, 0.29) is 0 Å². The molecule has 94 valence electrons. The van der Waals surface area contributed by atoms with Crippen LogP contribution in [0.5, 0.6) is 0 Å². The Kier molecular flexibility index (Phi) is 4.69. The van der Waals surface area contributed by atoms with E-state index in [0.717, 1.165) is 28.7 Å². The van der Waals surface area contributed by atoms with Gasteiger partial charge >= 0.3 is 0 Å². The second-order valence-electron chi connectivity index (χ2n) is 4.56. The van der Waals surface area contributed by atoms with Crippen LogP contribution in [0.3, 0.4) is 0 Å². The molecule has 1 aromatic carbocycles. The topological polar surface area (TPSA) is 29.3 Å². The van der Waals surface area contributed by atoms with Gasteiger partial charge in [0.15, 0.2) is 0 Å². The molecule has 1 fully saturated rings. The molecular formula is C13H18Cl2N2. The largest absolute Gasteiger partial charge is 0.329 e. The molecule has 0 radical (unpaired) electrons. The van der Waals surface area contributed by atoms with E-state index in [4.69, 9.17) is 28.9 Å². The Morgan fingerprint density at radius 1 is 1.24 bits per heavy atom. The number of nitrogens with two attached hydrogens (primary N) is 1. The van der Waals surface area contributed by atoms with Crippen molar-refractivity contribution in [2.75, 3.05) is 13.1 Å². The minimum absolute atomic E-state index is 0.469. The molecule has 1 aliphatic rings. The van der Waals surface area contributed by atoms with Crippen molar-refractivity contribution in [2.45, 2.75) is 31.8 Å². The lowest BCUT2D eigenvalue weighted by atomic mass is 10.0. The van der Waals surface area contributed by atoms with E-state index < -0.39 is 0 Å². The molecule has 17 heavy (non-hydrogen) atoms. The molecule has 0 unspecified atom stereocenters. The first-order valence-electron chi connectivity index (χ1n) is 6.09. The molecule has 0 amide bonds. The van der Waals surface area contributed by atoms with E-state index in [0.29, 0.717) is 12.6 Å². The molecule has 2 N–H and O–H groups in total. The third-order valence-corrected chi connectivity index (χ3v) is 4.15. The minimum Gasteiger partial charge on any atom is -0.329 e. The van der Waals surface area contributed by atoms with Gasteiger partial charge in [0.05, 0.1) is 0 Å². The van der Waals surface area contributed by atoms with Crippen molar-refractivity contribution in [3.63, 3.8) is 0 Å². The first-order valence-corrected chi connectivity index (χ1v) is 6.85. The van der Waals surface area contributed by atoms with Crippen molar-refractivity contribution in [1.82, 2.24) is 4.90 Å². The zero-order chi connectivity index (χ0) is 12.3. The molecule has 1 saturated heterocycles. The summed E-state index contributed by atoms with van der Waals surface area (Å²) in [6.45, 7) is 2.60. The Morgan fingerprint density at radius 3 is 2.59 bits per heavy atom. The van der Waals surface area contributed by atoms with Crippen LogP contribution in [0, 0.1) is 0 Å². The lowest BCUT2D eigenvalue weighted by Gasteiger charge is -2.35. The number of piperidine rings is 1. The summed E-state index contributed by atoms with van der Waals surface area (Å²) >= 11 is 12.4. The maximum atomic E-state index is 6.20. The van der Waals surface area contributed by atoms with Crippen molar-refractivity contribution in [3.05, 3.63) is 33.8 Å². The predicted molar refractivity (Wildman–Crippen MR) is 73.6 cm³/mol. The molecule has 1 atom stereocenters. The normalized spacial score (nSPS) is 21.7. The SMILES string of the molecule is NC[C@@H]1CCCCN1Cc1c(Cl)cccc1Cl. The van der Waals surface area contributed by atoms with Crippen LogP contribution in [0.25, 0.3) is 0 Å². The molecule has 0 aliphatic carbocycles. The van der Waals surface area contributed by atoms with E-state index in [2.05, 4.69) is 4.90 Å². The molecule has 1 aromatic rings. The van der Waals surface area contributed by atoms with Gasteiger partial charge in [-0.3, -0.25) is 4.90 Å². The van der Waals surface area contributed by atoms with Gasteiger partial charge in [-0.05, 0) is 31.5 Å². The number of likely N-dealkylation sites (tertiary alicyclic amines) is 1. The fraction of sp³-hybridized carbons (Fsp3) is 0.538. The Labute approximate surface area is 113 Å². The van der Waals surface area contributed by atoms with Crippen molar-refractivity contribution in [1.29, 1.82) is 0 Å². The monoisotopic (exact) mass is 272 g/mol. The Morgan fingerprint density at radius 2 is 1.94 bits per heavy atom. The van der Waals surface area contributed by atoms with E-state index in [9.17, 15) is 0 Å². The van der Waals surface area contributed by atoms with Crippen LogP contribution in [0.4, 0.5) is 0 Å². The zero-order valence-electron chi connectivity index (χ0n) is 9.83. The summed E-state index contributed by atoms with van der Waals surface area (Å²) in [5.74, 6) is 0. The molecular weight excluding hydrogens is 255 g/mol. The van der Waals surface area contributed by atoms with Gasteiger partial charge in [-0.1, -0.05) is 35.7 Å². The van der Waals surface area contributed by atoms with Crippen LogP contribution in [-0.4, -0.2) is 24.0 Å². The Bertz CT molecular complexity index is 361. The van der Waals surface area contributed by atoms with E-state index >= 15 is 0 Å². The summed E-state index contributed by atoms with van der Waals surface area (Å²) < 4.78 is 0. The predicted octanol–water partition coefficient (Wildman–Crippen LogP) is 3.31. The van der Waals surface area contributed by atoms with E-state index in [1.165, 1.54) is 19.3 Å². The number of nitrogens with zero attached hydrogens (tertiary/aromatic N) is 1. The van der Waals surface area contributed by atoms with E-state index in [1.807, 2.05) is 18.2 Å². The van der Waals surface area contributed by atoms with Crippen molar-refractivity contribution in [3.8, 4) is 0 Å². The second kappa shape index (κ2) is 6.05. The van der Waals surface area contributed by atoms with Gasteiger partial charge in [0.1, 0.15) is 0 Å². The molecule has 0 bridgehead atoms. The molecule has 0 saturated carbocycles. The summed E-state index contributed by atoms with van der Waals surface area (Å²) in [6, 6.07) is 6.13. The van der Waals surface area contributed by atoms with Crippen molar-refractivity contribution in [2.24, 2.45) is 5.73 Å². The highest BCUT2D eigenvalue weighted by Crippen LogP contribution is 2.28. The highest BCUT2D eigenvalue weighted by Gasteiger charge is 2.22. The minimum atomic E-state index is 0.469. The van der Waals surface area contributed by atoms with Crippen LogP contribution in [0.2, 0.25) is 10.0 Å². The molecule has 2 rings (SSSR count). The lowest BCUT2D eigenvalue weighted by molar-refractivity contribution is 0.145. The highest BCUT2D eigenvalue weighted by molar-refractivity contribution is 6.35. The maximum Gasteiger partial charge on any atom is 0.0465 e. The van der Waals surface area contributed by atoms with Gasteiger partial charge in [-0.2, -0.15) is 0 Å². The average molecular weight is 273 g/mol. The summed E-state index contributed by atoms with van der Waals surface area (Å²) in [4.78, 5) is 2.40. The first-order chi connectivity index (χ1) is 8.22.